The van der Waals surface area contributed by atoms with Crippen LogP contribution in [0.2, 0.25) is 5.02 Å². The summed E-state index contributed by atoms with van der Waals surface area (Å²) in [6.45, 7) is 0. The van der Waals surface area contributed by atoms with Gasteiger partial charge in [-0.05, 0) is 36.4 Å². The number of ketones is 1. The summed E-state index contributed by atoms with van der Waals surface area (Å²) in [5.41, 5.74) is 0.864. The Morgan fingerprint density at radius 1 is 1.08 bits per heavy atom. The number of carbonyl (C=O) groups excluding carboxylic acids is 1. The molecule has 0 radical (unpaired) electrons. The highest BCUT2D eigenvalue weighted by Gasteiger charge is 2.17. The summed E-state index contributed by atoms with van der Waals surface area (Å²) in [6, 6.07) is 14.4. The summed E-state index contributed by atoms with van der Waals surface area (Å²) in [6.07, 6.45) is 1.61. The van der Waals surface area contributed by atoms with Gasteiger partial charge in [0.25, 0.3) is 5.56 Å². The average molecular weight is 351 g/mol. The standard InChI is InChI=1S/C19H11ClN2O3/c20-14-10-11(18(24)12-5-1-2-6-15(12)23)9-13-17(14)21-16-7-3-4-8-22(16)19(13)25/h1-10,23H. The van der Waals surface area contributed by atoms with E-state index in [4.69, 9.17) is 11.6 Å². The molecule has 0 unspecified atom stereocenters. The third-order valence-corrected chi connectivity index (χ3v) is 4.28. The van der Waals surface area contributed by atoms with Gasteiger partial charge in [-0.3, -0.25) is 14.0 Å². The smallest absolute Gasteiger partial charge is 0.265 e. The largest absolute Gasteiger partial charge is 0.507 e. The quantitative estimate of drug-likeness (QED) is 0.444. The first-order valence-electron chi connectivity index (χ1n) is 7.49. The number of benzene rings is 2. The lowest BCUT2D eigenvalue weighted by Crippen LogP contribution is -2.15. The van der Waals surface area contributed by atoms with Crippen molar-refractivity contribution in [1.82, 2.24) is 9.38 Å². The van der Waals surface area contributed by atoms with E-state index in [1.54, 1.807) is 36.5 Å². The van der Waals surface area contributed by atoms with Crippen molar-refractivity contribution >= 4 is 33.9 Å². The molecule has 6 heteroatoms. The molecule has 4 aromatic rings. The molecule has 0 spiro atoms. The molecule has 0 saturated carbocycles. The highest BCUT2D eigenvalue weighted by molar-refractivity contribution is 6.35. The predicted octanol–water partition coefficient (Wildman–Crippen LogP) is 3.44. The molecular weight excluding hydrogens is 340 g/mol. The van der Waals surface area contributed by atoms with E-state index in [-0.39, 0.29) is 32.8 Å². The fourth-order valence-electron chi connectivity index (χ4n) is 2.77. The number of carbonyl (C=O) groups is 1. The molecular formula is C19H11ClN2O3. The fourth-order valence-corrected chi connectivity index (χ4v) is 3.03. The summed E-state index contributed by atoms with van der Waals surface area (Å²) in [7, 11) is 0. The van der Waals surface area contributed by atoms with Gasteiger partial charge in [0, 0.05) is 11.8 Å². The van der Waals surface area contributed by atoms with Crippen molar-refractivity contribution in [3.05, 3.63) is 87.3 Å². The number of rotatable bonds is 2. The molecule has 0 aliphatic carbocycles. The van der Waals surface area contributed by atoms with Crippen molar-refractivity contribution in [3.63, 3.8) is 0 Å². The lowest BCUT2D eigenvalue weighted by molar-refractivity contribution is 0.103. The number of phenolic OH excluding ortho intramolecular Hbond substituents is 1. The maximum absolute atomic E-state index is 12.7. The molecule has 2 aromatic heterocycles. The van der Waals surface area contributed by atoms with Crippen LogP contribution in [0.15, 0.2) is 65.6 Å². The molecule has 4 rings (SSSR count). The van der Waals surface area contributed by atoms with Crippen LogP contribution >= 0.6 is 11.6 Å². The first-order chi connectivity index (χ1) is 12.1. The first-order valence-corrected chi connectivity index (χ1v) is 7.87. The van der Waals surface area contributed by atoms with Crippen LogP contribution in [0.5, 0.6) is 5.75 Å². The molecule has 0 atom stereocenters. The SMILES string of the molecule is O=C(c1cc(Cl)c2nc3ccccn3c(=O)c2c1)c1ccccc1O. The van der Waals surface area contributed by atoms with E-state index >= 15 is 0 Å². The van der Waals surface area contributed by atoms with Gasteiger partial charge in [0.2, 0.25) is 0 Å². The average Bonchev–Trinajstić information content (AvgIpc) is 2.62. The summed E-state index contributed by atoms with van der Waals surface area (Å²) in [5.74, 6) is -0.545. The number of aromatic nitrogens is 2. The molecule has 2 aromatic carbocycles. The van der Waals surface area contributed by atoms with Gasteiger partial charge in [-0.15, -0.1) is 0 Å². The van der Waals surface area contributed by atoms with Gasteiger partial charge in [0.1, 0.15) is 11.4 Å². The molecule has 25 heavy (non-hydrogen) atoms. The second kappa shape index (κ2) is 5.72. The Hall–Kier alpha value is -3.18. The number of aromatic hydroxyl groups is 1. The Morgan fingerprint density at radius 3 is 2.64 bits per heavy atom. The molecule has 2 heterocycles. The van der Waals surface area contributed by atoms with E-state index in [2.05, 4.69) is 4.98 Å². The van der Waals surface area contributed by atoms with E-state index in [0.29, 0.717) is 11.2 Å². The van der Waals surface area contributed by atoms with E-state index < -0.39 is 5.78 Å². The fraction of sp³-hybridized carbons (Fsp3) is 0. The lowest BCUT2D eigenvalue weighted by Gasteiger charge is -2.08. The van der Waals surface area contributed by atoms with Crippen LogP contribution in [-0.4, -0.2) is 20.3 Å². The van der Waals surface area contributed by atoms with Gasteiger partial charge >= 0.3 is 0 Å². The summed E-state index contributed by atoms with van der Waals surface area (Å²) >= 11 is 6.28. The van der Waals surface area contributed by atoms with Crippen LogP contribution in [-0.2, 0) is 0 Å². The number of pyridine rings is 1. The molecule has 122 valence electrons. The topological polar surface area (TPSA) is 71.7 Å². The maximum atomic E-state index is 12.7. The van der Waals surface area contributed by atoms with Gasteiger partial charge in [-0.1, -0.05) is 29.8 Å². The van der Waals surface area contributed by atoms with Crippen LogP contribution in [0, 0.1) is 0 Å². The van der Waals surface area contributed by atoms with E-state index in [0.717, 1.165) is 0 Å². The first kappa shape index (κ1) is 15.4. The number of nitrogens with zero attached hydrogens (tertiary/aromatic N) is 2. The van der Waals surface area contributed by atoms with Crippen LogP contribution < -0.4 is 5.56 Å². The van der Waals surface area contributed by atoms with Crippen LogP contribution in [0.1, 0.15) is 15.9 Å². The van der Waals surface area contributed by atoms with Gasteiger partial charge in [0.15, 0.2) is 5.78 Å². The molecule has 1 N–H and O–H groups in total. The summed E-state index contributed by atoms with van der Waals surface area (Å²) in [5, 5.41) is 10.3. The van der Waals surface area contributed by atoms with Crippen molar-refractivity contribution < 1.29 is 9.90 Å². The van der Waals surface area contributed by atoms with E-state index in [9.17, 15) is 14.7 Å². The van der Waals surface area contributed by atoms with Crippen molar-refractivity contribution in [2.24, 2.45) is 0 Å². The van der Waals surface area contributed by atoms with Crippen molar-refractivity contribution in [1.29, 1.82) is 0 Å². The van der Waals surface area contributed by atoms with Crippen LogP contribution in [0.4, 0.5) is 0 Å². The molecule has 0 amide bonds. The Bertz CT molecular complexity index is 1210. The zero-order valence-corrected chi connectivity index (χ0v) is 13.6. The molecule has 5 nitrogen and oxygen atoms in total. The monoisotopic (exact) mass is 350 g/mol. The zero-order chi connectivity index (χ0) is 17.6. The molecule has 0 saturated heterocycles. The van der Waals surface area contributed by atoms with Crippen LogP contribution in [0.25, 0.3) is 16.6 Å². The number of hydrogen-bond acceptors (Lipinski definition) is 4. The number of phenols is 1. The van der Waals surface area contributed by atoms with E-state index in [1.165, 1.54) is 28.7 Å². The Labute approximate surface area is 146 Å². The minimum absolute atomic E-state index is 0.128. The van der Waals surface area contributed by atoms with Crippen molar-refractivity contribution in [3.8, 4) is 5.75 Å². The van der Waals surface area contributed by atoms with Crippen molar-refractivity contribution in [2.45, 2.75) is 0 Å². The maximum Gasteiger partial charge on any atom is 0.265 e. The third-order valence-electron chi connectivity index (χ3n) is 3.99. The molecule has 0 bridgehead atoms. The second-order valence-electron chi connectivity index (χ2n) is 5.55. The Kier molecular flexibility index (Phi) is 3.51. The zero-order valence-electron chi connectivity index (χ0n) is 12.8. The summed E-state index contributed by atoms with van der Waals surface area (Å²) in [4.78, 5) is 29.8. The van der Waals surface area contributed by atoms with Crippen molar-refractivity contribution in [2.75, 3.05) is 0 Å². The van der Waals surface area contributed by atoms with Gasteiger partial charge < -0.3 is 5.11 Å². The number of fused-ring (bicyclic) bond motifs is 2. The summed E-state index contributed by atoms with van der Waals surface area (Å²) < 4.78 is 1.40. The number of halogens is 1. The normalized spacial score (nSPS) is 11.1. The van der Waals surface area contributed by atoms with Gasteiger partial charge in [-0.2, -0.15) is 0 Å². The third kappa shape index (κ3) is 2.45. The van der Waals surface area contributed by atoms with Gasteiger partial charge in [0.05, 0.1) is 21.5 Å². The Morgan fingerprint density at radius 2 is 1.84 bits per heavy atom. The molecule has 0 aliphatic rings. The highest BCUT2D eigenvalue weighted by Crippen LogP contribution is 2.26. The molecule has 0 fully saturated rings. The highest BCUT2D eigenvalue weighted by atomic mass is 35.5. The van der Waals surface area contributed by atoms with Gasteiger partial charge in [-0.25, -0.2) is 4.98 Å². The minimum Gasteiger partial charge on any atom is -0.507 e. The number of para-hydroxylation sites is 1. The predicted molar refractivity (Wildman–Crippen MR) is 95.5 cm³/mol. The molecule has 0 aliphatic heterocycles. The second-order valence-corrected chi connectivity index (χ2v) is 5.95. The lowest BCUT2D eigenvalue weighted by atomic mass is 10.0. The van der Waals surface area contributed by atoms with Crippen LogP contribution in [0.3, 0.4) is 0 Å². The minimum atomic E-state index is -0.417. The Balaban J connectivity index is 2.00. The number of hydrogen-bond donors (Lipinski definition) is 1. The van der Waals surface area contributed by atoms with E-state index in [1.807, 2.05) is 0 Å².